The van der Waals surface area contributed by atoms with Gasteiger partial charge in [-0.15, -0.1) is 0 Å². The van der Waals surface area contributed by atoms with Gasteiger partial charge < -0.3 is 10.2 Å². The van der Waals surface area contributed by atoms with Crippen molar-refractivity contribution in [2.45, 2.75) is 44.7 Å². The van der Waals surface area contributed by atoms with Crippen LogP contribution in [-0.2, 0) is 26.2 Å². The third kappa shape index (κ3) is 7.45. The Balaban J connectivity index is 2.06. The van der Waals surface area contributed by atoms with Crippen molar-refractivity contribution < 1.29 is 18.0 Å². The lowest BCUT2D eigenvalue weighted by Gasteiger charge is -2.32. The van der Waals surface area contributed by atoms with Gasteiger partial charge in [0.25, 0.3) is 10.0 Å². The van der Waals surface area contributed by atoms with Crippen molar-refractivity contribution in [3.8, 4) is 0 Å². The molecule has 2 amide bonds. The summed E-state index contributed by atoms with van der Waals surface area (Å²) in [6.45, 7) is 5.08. The van der Waals surface area contributed by atoms with E-state index < -0.39 is 28.5 Å². The Hall–Kier alpha value is -2.78. The molecule has 0 aliphatic rings. The zero-order valence-electron chi connectivity index (χ0n) is 21.8. The Morgan fingerprint density at radius 3 is 2.26 bits per heavy atom. The number of nitrogens with zero attached hydrogens (tertiary/aromatic N) is 2. The van der Waals surface area contributed by atoms with Crippen LogP contribution >= 0.6 is 34.8 Å². The summed E-state index contributed by atoms with van der Waals surface area (Å²) < 4.78 is 28.7. The molecule has 0 fully saturated rings. The lowest BCUT2D eigenvalue weighted by atomic mass is 10.1. The van der Waals surface area contributed by atoms with Crippen LogP contribution in [0.15, 0.2) is 71.6 Å². The van der Waals surface area contributed by atoms with E-state index in [4.69, 9.17) is 34.8 Å². The highest BCUT2D eigenvalue weighted by molar-refractivity contribution is 7.92. The van der Waals surface area contributed by atoms with Crippen molar-refractivity contribution in [3.63, 3.8) is 0 Å². The fourth-order valence-corrected chi connectivity index (χ4v) is 5.90. The largest absolute Gasteiger partial charge is 0.354 e. The summed E-state index contributed by atoms with van der Waals surface area (Å²) in [5.74, 6) is -0.944. The average molecular weight is 611 g/mol. The van der Waals surface area contributed by atoms with E-state index in [2.05, 4.69) is 5.32 Å². The number of anilines is 1. The van der Waals surface area contributed by atoms with Crippen LogP contribution in [0.4, 0.5) is 5.69 Å². The van der Waals surface area contributed by atoms with Crippen LogP contribution in [0, 0.1) is 6.92 Å². The fourth-order valence-electron chi connectivity index (χ4n) is 3.91. The topological polar surface area (TPSA) is 86.8 Å². The number of hydrogen-bond donors (Lipinski definition) is 1. The Morgan fingerprint density at radius 1 is 0.923 bits per heavy atom. The molecule has 1 N–H and O–H groups in total. The number of halogens is 3. The van der Waals surface area contributed by atoms with Crippen molar-refractivity contribution in [1.82, 2.24) is 10.2 Å². The number of rotatable bonds is 11. The van der Waals surface area contributed by atoms with Gasteiger partial charge in [-0.1, -0.05) is 72.1 Å². The lowest BCUT2D eigenvalue weighted by molar-refractivity contribution is -0.139. The third-order valence-corrected chi connectivity index (χ3v) is 9.09. The monoisotopic (exact) mass is 609 g/mol. The summed E-state index contributed by atoms with van der Waals surface area (Å²) in [4.78, 5) is 28.2. The van der Waals surface area contributed by atoms with E-state index in [9.17, 15) is 18.0 Å². The van der Waals surface area contributed by atoms with Gasteiger partial charge in [0.1, 0.15) is 12.6 Å². The first-order valence-corrected chi connectivity index (χ1v) is 14.9. The molecule has 3 aromatic rings. The molecule has 3 rings (SSSR count). The SMILES string of the molecule is CCCNC(=O)[C@@H](C)N(Cc1ccc(Cl)c(Cl)c1)C(=O)CN(c1cccc(Cl)c1C)S(=O)(=O)c1ccccc1. The molecule has 0 aromatic heterocycles. The maximum absolute atomic E-state index is 13.9. The standard InChI is InChI=1S/C28H30Cl3N3O4S/c1-4-15-32-28(36)20(3)33(17-21-13-14-24(30)25(31)16-21)27(35)18-34(26-12-8-11-23(29)19(26)2)39(37,38)22-9-6-5-7-10-22/h5-14,16,20H,4,15,17-18H2,1-3H3,(H,32,36)/t20-/m1/s1. The molecule has 0 heterocycles. The molecule has 0 unspecified atom stereocenters. The van der Waals surface area contributed by atoms with Crippen molar-refractivity contribution in [2.24, 2.45) is 0 Å². The van der Waals surface area contributed by atoms with E-state index in [1.807, 2.05) is 6.92 Å². The van der Waals surface area contributed by atoms with Crippen molar-refractivity contribution in [2.75, 3.05) is 17.4 Å². The van der Waals surface area contributed by atoms with Gasteiger partial charge in [0.05, 0.1) is 20.6 Å². The first kappa shape index (κ1) is 30.8. The first-order valence-electron chi connectivity index (χ1n) is 12.3. The highest BCUT2D eigenvalue weighted by atomic mass is 35.5. The molecular weight excluding hydrogens is 581 g/mol. The Bertz CT molecular complexity index is 1440. The molecule has 0 saturated heterocycles. The van der Waals surface area contributed by atoms with Crippen LogP contribution in [0.2, 0.25) is 15.1 Å². The van der Waals surface area contributed by atoms with Crippen LogP contribution in [0.25, 0.3) is 0 Å². The fraction of sp³-hybridized carbons (Fsp3) is 0.286. The Kier molecular flexibility index (Phi) is 10.7. The zero-order valence-corrected chi connectivity index (χ0v) is 24.9. The molecule has 0 saturated carbocycles. The molecule has 0 aliphatic heterocycles. The summed E-state index contributed by atoms with van der Waals surface area (Å²) in [6, 6.07) is 16.7. The van der Waals surface area contributed by atoms with Crippen LogP contribution in [0.5, 0.6) is 0 Å². The minimum atomic E-state index is -4.18. The summed E-state index contributed by atoms with van der Waals surface area (Å²) >= 11 is 18.6. The van der Waals surface area contributed by atoms with E-state index in [0.29, 0.717) is 32.7 Å². The number of carbonyl (C=O) groups is 2. The number of benzene rings is 3. The van der Waals surface area contributed by atoms with E-state index in [-0.39, 0.29) is 23.0 Å². The van der Waals surface area contributed by atoms with Gasteiger partial charge in [-0.25, -0.2) is 8.42 Å². The minimum Gasteiger partial charge on any atom is -0.354 e. The molecule has 11 heteroatoms. The highest BCUT2D eigenvalue weighted by Gasteiger charge is 2.33. The van der Waals surface area contributed by atoms with Gasteiger partial charge in [-0.05, 0) is 67.8 Å². The van der Waals surface area contributed by atoms with Crippen LogP contribution in [0.3, 0.4) is 0 Å². The molecule has 208 valence electrons. The minimum absolute atomic E-state index is 0.00415. The van der Waals surface area contributed by atoms with Crippen LogP contribution < -0.4 is 9.62 Å². The molecule has 0 aliphatic carbocycles. The summed E-state index contributed by atoms with van der Waals surface area (Å²) in [7, 11) is -4.18. The van der Waals surface area contributed by atoms with Crippen LogP contribution in [0.1, 0.15) is 31.4 Å². The predicted octanol–water partition coefficient (Wildman–Crippen LogP) is 6.09. The van der Waals surface area contributed by atoms with Gasteiger partial charge in [0.15, 0.2) is 0 Å². The van der Waals surface area contributed by atoms with Crippen LogP contribution in [-0.4, -0.2) is 44.3 Å². The van der Waals surface area contributed by atoms with Gasteiger partial charge in [0, 0.05) is 18.1 Å². The molecule has 0 spiro atoms. The molecule has 0 radical (unpaired) electrons. The summed E-state index contributed by atoms with van der Waals surface area (Å²) in [5.41, 5.74) is 1.39. The van der Waals surface area contributed by atoms with E-state index in [0.717, 1.165) is 10.7 Å². The number of hydrogen-bond acceptors (Lipinski definition) is 4. The number of sulfonamides is 1. The quantitative estimate of drug-likeness (QED) is 0.285. The number of nitrogens with one attached hydrogen (secondary N) is 1. The second kappa shape index (κ2) is 13.5. The maximum Gasteiger partial charge on any atom is 0.264 e. The Labute approximate surface area is 244 Å². The first-order chi connectivity index (χ1) is 18.5. The third-order valence-electron chi connectivity index (χ3n) is 6.17. The molecular formula is C28H30Cl3N3O4S. The normalized spacial score (nSPS) is 12.1. The van der Waals surface area contributed by atoms with Gasteiger partial charge in [-0.3, -0.25) is 13.9 Å². The maximum atomic E-state index is 13.9. The number of amides is 2. The predicted molar refractivity (Wildman–Crippen MR) is 157 cm³/mol. The lowest BCUT2D eigenvalue weighted by Crippen LogP contribution is -2.51. The molecule has 0 bridgehead atoms. The number of carbonyl (C=O) groups excluding carboxylic acids is 2. The molecule has 7 nitrogen and oxygen atoms in total. The summed E-state index contributed by atoms with van der Waals surface area (Å²) in [6.07, 6.45) is 0.719. The second-order valence-electron chi connectivity index (χ2n) is 8.95. The van der Waals surface area contributed by atoms with Crippen molar-refractivity contribution >= 4 is 62.3 Å². The zero-order chi connectivity index (χ0) is 28.7. The molecule has 1 atom stereocenters. The molecule has 39 heavy (non-hydrogen) atoms. The van der Waals surface area contributed by atoms with Crippen molar-refractivity contribution in [1.29, 1.82) is 0 Å². The van der Waals surface area contributed by atoms with Crippen molar-refractivity contribution in [3.05, 3.63) is 92.9 Å². The average Bonchev–Trinajstić information content (AvgIpc) is 2.92. The molecule has 3 aromatic carbocycles. The smallest absolute Gasteiger partial charge is 0.264 e. The Morgan fingerprint density at radius 2 is 1.62 bits per heavy atom. The van der Waals surface area contributed by atoms with Gasteiger partial charge in [-0.2, -0.15) is 0 Å². The van der Waals surface area contributed by atoms with E-state index in [1.165, 1.54) is 17.0 Å². The van der Waals surface area contributed by atoms with Gasteiger partial charge >= 0.3 is 0 Å². The van der Waals surface area contributed by atoms with Gasteiger partial charge in [0.2, 0.25) is 11.8 Å². The summed E-state index contributed by atoms with van der Waals surface area (Å²) in [5, 5.41) is 3.81. The van der Waals surface area contributed by atoms with E-state index >= 15 is 0 Å². The van der Waals surface area contributed by atoms with E-state index in [1.54, 1.807) is 68.4 Å². The second-order valence-corrected chi connectivity index (χ2v) is 12.0. The highest BCUT2D eigenvalue weighted by Crippen LogP contribution is 2.31.